The normalized spacial score (nSPS) is 25.1. The molecule has 1 aromatic rings. The van der Waals surface area contributed by atoms with Gasteiger partial charge in [-0.25, -0.2) is 0 Å². The topological polar surface area (TPSA) is 66.9 Å². The molecule has 0 radical (unpaired) electrons. The first kappa shape index (κ1) is 11.0. The molecule has 2 atom stereocenters. The molecule has 2 heterocycles. The summed E-state index contributed by atoms with van der Waals surface area (Å²) in [6, 6.07) is 3.37. The zero-order valence-corrected chi connectivity index (χ0v) is 9.31. The lowest BCUT2D eigenvalue weighted by molar-refractivity contribution is -0.119. The van der Waals surface area contributed by atoms with E-state index in [9.17, 15) is 4.79 Å². The molecule has 1 aromatic heterocycles. The van der Waals surface area contributed by atoms with E-state index >= 15 is 0 Å². The Hall–Kier alpha value is -1.49. The first-order valence-electron chi connectivity index (χ1n) is 5.59. The zero-order chi connectivity index (χ0) is 11.4. The average molecular weight is 220 g/mol. The smallest absolute Gasteiger partial charge is 0.242 e. The van der Waals surface area contributed by atoms with Gasteiger partial charge in [0.2, 0.25) is 5.91 Å². The number of hydrogen-bond acceptors (Lipinski definition) is 4. The van der Waals surface area contributed by atoms with Gasteiger partial charge in [-0.15, -0.1) is 5.10 Å². The summed E-state index contributed by atoms with van der Waals surface area (Å²) in [5.41, 5.74) is 0. The minimum Gasteiger partial charge on any atom is -0.308 e. The van der Waals surface area contributed by atoms with Crippen LogP contribution in [-0.4, -0.2) is 28.7 Å². The van der Waals surface area contributed by atoms with E-state index in [2.05, 4.69) is 27.8 Å². The van der Waals surface area contributed by atoms with Gasteiger partial charge in [0.15, 0.2) is 5.82 Å². The monoisotopic (exact) mass is 220 g/mol. The van der Waals surface area contributed by atoms with Crippen molar-refractivity contribution in [1.29, 1.82) is 0 Å². The van der Waals surface area contributed by atoms with Crippen molar-refractivity contribution in [1.82, 2.24) is 15.5 Å². The predicted octanol–water partition coefficient (Wildman–Crippen LogP) is 0.803. The summed E-state index contributed by atoms with van der Waals surface area (Å²) in [5.74, 6) is 0.852. The van der Waals surface area contributed by atoms with Crippen molar-refractivity contribution >= 4 is 11.7 Å². The van der Waals surface area contributed by atoms with Crippen LogP contribution in [0.15, 0.2) is 18.3 Å². The van der Waals surface area contributed by atoms with Crippen molar-refractivity contribution in [3.63, 3.8) is 0 Å². The molecule has 1 saturated heterocycles. The van der Waals surface area contributed by atoms with E-state index in [-0.39, 0.29) is 11.9 Å². The molecule has 0 saturated carbocycles. The number of carbonyl (C=O) groups excluding carboxylic acids is 1. The summed E-state index contributed by atoms with van der Waals surface area (Å²) in [4.78, 5) is 11.9. The number of amides is 1. The van der Waals surface area contributed by atoms with Gasteiger partial charge in [-0.2, -0.15) is 5.10 Å². The molecule has 86 valence electrons. The fourth-order valence-electron chi connectivity index (χ4n) is 1.97. The molecular weight excluding hydrogens is 204 g/mol. The maximum atomic E-state index is 11.9. The van der Waals surface area contributed by atoms with Crippen LogP contribution in [-0.2, 0) is 4.79 Å². The molecule has 5 heteroatoms. The highest BCUT2D eigenvalue weighted by Crippen LogP contribution is 2.16. The Labute approximate surface area is 94.6 Å². The van der Waals surface area contributed by atoms with Crippen LogP contribution in [0.4, 0.5) is 5.82 Å². The summed E-state index contributed by atoms with van der Waals surface area (Å²) in [7, 11) is 0. The molecule has 0 aliphatic carbocycles. The molecule has 0 aromatic carbocycles. The lowest BCUT2D eigenvalue weighted by atomic mass is 9.92. The van der Waals surface area contributed by atoms with Gasteiger partial charge in [-0.1, -0.05) is 6.92 Å². The summed E-state index contributed by atoms with van der Waals surface area (Å²) >= 11 is 0. The standard InChI is InChI=1S/C11H16N4O/c1-8-4-2-6-12-10(8)11(16)14-9-5-3-7-13-15-9/h3,5,7-8,10,12H,2,4,6H2,1H3,(H,14,15,16). The summed E-state index contributed by atoms with van der Waals surface area (Å²) in [6.45, 7) is 3.00. The zero-order valence-electron chi connectivity index (χ0n) is 9.31. The maximum Gasteiger partial charge on any atom is 0.242 e. The quantitative estimate of drug-likeness (QED) is 0.773. The Kier molecular flexibility index (Phi) is 3.46. The Morgan fingerprint density at radius 1 is 1.62 bits per heavy atom. The number of nitrogens with one attached hydrogen (secondary N) is 2. The Bertz CT molecular complexity index is 354. The van der Waals surface area contributed by atoms with E-state index in [1.54, 1.807) is 18.3 Å². The number of nitrogens with zero attached hydrogens (tertiary/aromatic N) is 2. The van der Waals surface area contributed by atoms with Gasteiger partial charge in [-0.3, -0.25) is 4.79 Å². The van der Waals surface area contributed by atoms with E-state index in [4.69, 9.17) is 0 Å². The third-order valence-electron chi connectivity index (χ3n) is 2.88. The number of anilines is 1. The highest BCUT2D eigenvalue weighted by molar-refractivity contribution is 5.94. The van der Waals surface area contributed by atoms with Crippen LogP contribution < -0.4 is 10.6 Å². The molecular formula is C11H16N4O. The molecule has 2 rings (SSSR count). The minimum atomic E-state index is -0.115. The fraction of sp³-hybridized carbons (Fsp3) is 0.545. The first-order valence-corrected chi connectivity index (χ1v) is 5.59. The van der Waals surface area contributed by atoms with Crippen molar-refractivity contribution in [2.24, 2.45) is 5.92 Å². The second-order valence-electron chi connectivity index (χ2n) is 4.15. The van der Waals surface area contributed by atoms with Gasteiger partial charge >= 0.3 is 0 Å². The molecule has 2 unspecified atom stereocenters. The summed E-state index contributed by atoms with van der Waals surface area (Å²) in [5, 5.41) is 13.5. The second kappa shape index (κ2) is 5.03. The minimum absolute atomic E-state index is 0.0206. The molecule has 5 nitrogen and oxygen atoms in total. The molecule has 0 bridgehead atoms. The van der Waals surface area contributed by atoms with Crippen LogP contribution in [0.3, 0.4) is 0 Å². The largest absolute Gasteiger partial charge is 0.308 e. The summed E-state index contributed by atoms with van der Waals surface area (Å²) < 4.78 is 0. The lowest BCUT2D eigenvalue weighted by Crippen LogP contribution is -2.48. The van der Waals surface area contributed by atoms with Crippen LogP contribution in [0.25, 0.3) is 0 Å². The van der Waals surface area contributed by atoms with Crippen LogP contribution in [0, 0.1) is 5.92 Å². The van der Waals surface area contributed by atoms with Crippen molar-refractivity contribution in [3.05, 3.63) is 18.3 Å². The average Bonchev–Trinajstić information content (AvgIpc) is 2.31. The third-order valence-corrected chi connectivity index (χ3v) is 2.88. The SMILES string of the molecule is CC1CCCNC1C(=O)Nc1cccnn1. The van der Waals surface area contributed by atoms with Crippen LogP contribution >= 0.6 is 0 Å². The van der Waals surface area contributed by atoms with Crippen molar-refractivity contribution in [2.45, 2.75) is 25.8 Å². The van der Waals surface area contributed by atoms with E-state index < -0.39 is 0 Å². The molecule has 1 aliphatic heterocycles. The van der Waals surface area contributed by atoms with Gasteiger partial charge < -0.3 is 10.6 Å². The van der Waals surface area contributed by atoms with Crippen LogP contribution in [0.5, 0.6) is 0 Å². The van der Waals surface area contributed by atoms with Gasteiger partial charge in [0.25, 0.3) is 0 Å². The van der Waals surface area contributed by atoms with Gasteiger partial charge in [0, 0.05) is 6.20 Å². The highest BCUT2D eigenvalue weighted by atomic mass is 16.2. The van der Waals surface area contributed by atoms with Crippen molar-refractivity contribution < 1.29 is 4.79 Å². The van der Waals surface area contributed by atoms with Crippen molar-refractivity contribution in [3.8, 4) is 0 Å². The Morgan fingerprint density at radius 3 is 3.19 bits per heavy atom. The van der Waals surface area contributed by atoms with E-state index in [0.29, 0.717) is 11.7 Å². The van der Waals surface area contributed by atoms with E-state index in [1.807, 2.05) is 0 Å². The van der Waals surface area contributed by atoms with Gasteiger partial charge in [0.1, 0.15) is 0 Å². The predicted molar refractivity (Wildman–Crippen MR) is 60.9 cm³/mol. The first-order chi connectivity index (χ1) is 7.77. The molecule has 1 amide bonds. The third kappa shape index (κ3) is 2.55. The number of aromatic nitrogens is 2. The molecule has 16 heavy (non-hydrogen) atoms. The number of hydrogen-bond donors (Lipinski definition) is 2. The van der Waals surface area contributed by atoms with Crippen LogP contribution in [0.1, 0.15) is 19.8 Å². The second-order valence-corrected chi connectivity index (χ2v) is 4.15. The lowest BCUT2D eigenvalue weighted by Gasteiger charge is -2.28. The number of carbonyl (C=O) groups is 1. The molecule has 0 spiro atoms. The Balaban J connectivity index is 1.97. The highest BCUT2D eigenvalue weighted by Gasteiger charge is 2.27. The Morgan fingerprint density at radius 2 is 2.50 bits per heavy atom. The van der Waals surface area contributed by atoms with E-state index in [0.717, 1.165) is 19.4 Å². The fourth-order valence-corrected chi connectivity index (χ4v) is 1.97. The molecule has 2 N–H and O–H groups in total. The number of rotatable bonds is 2. The van der Waals surface area contributed by atoms with E-state index in [1.165, 1.54) is 0 Å². The van der Waals surface area contributed by atoms with Gasteiger partial charge in [-0.05, 0) is 37.4 Å². The number of piperidine rings is 1. The molecule has 1 aliphatic rings. The molecule has 1 fully saturated rings. The van der Waals surface area contributed by atoms with Crippen molar-refractivity contribution in [2.75, 3.05) is 11.9 Å². The van der Waals surface area contributed by atoms with Gasteiger partial charge in [0.05, 0.1) is 6.04 Å². The maximum absolute atomic E-state index is 11.9. The van der Waals surface area contributed by atoms with Crippen LogP contribution in [0.2, 0.25) is 0 Å². The summed E-state index contributed by atoms with van der Waals surface area (Å²) in [6.07, 6.45) is 3.80.